The maximum Gasteiger partial charge on any atom is 0.435 e. The molecule has 0 N–H and O–H groups in total. The first-order valence-electron chi connectivity index (χ1n) is 10.6. The number of rotatable bonds is 10. The predicted octanol–water partition coefficient (Wildman–Crippen LogP) is 5.11. The molecule has 1 fully saturated rings. The fourth-order valence-electron chi connectivity index (χ4n) is 3.59. The fourth-order valence-corrected chi connectivity index (χ4v) is 3.59. The zero-order valence-electron chi connectivity index (χ0n) is 17.8. The van der Waals surface area contributed by atoms with Gasteiger partial charge in [0.05, 0.1) is 12.8 Å². The molecule has 9 heteroatoms. The van der Waals surface area contributed by atoms with Crippen molar-refractivity contribution in [2.75, 3.05) is 31.2 Å². The quantitative estimate of drug-likeness (QED) is 0.219. The van der Waals surface area contributed by atoms with E-state index in [1.54, 1.807) is 12.3 Å². The smallest absolute Gasteiger partial charge is 0.435 e. The minimum Gasteiger partial charge on any atom is -0.494 e. The molecular formula is C23H27F3N4O2. The predicted molar refractivity (Wildman–Crippen MR) is 117 cm³/mol. The van der Waals surface area contributed by atoms with Crippen LogP contribution < -0.4 is 9.64 Å². The van der Waals surface area contributed by atoms with Gasteiger partial charge in [0.2, 0.25) is 0 Å². The summed E-state index contributed by atoms with van der Waals surface area (Å²) in [7, 11) is 0. The topological polar surface area (TPSA) is 59.8 Å². The highest BCUT2D eigenvalue weighted by molar-refractivity contribution is 5.79. The van der Waals surface area contributed by atoms with Crippen LogP contribution in [0.5, 0.6) is 5.75 Å². The van der Waals surface area contributed by atoms with Crippen LogP contribution in [0.3, 0.4) is 0 Å². The van der Waals surface area contributed by atoms with Crippen molar-refractivity contribution in [1.82, 2.24) is 10.2 Å². The normalized spacial score (nSPS) is 16.8. The molecule has 3 rings (SSSR count). The zero-order valence-corrected chi connectivity index (χ0v) is 17.8. The number of aromatic nitrogens is 2. The van der Waals surface area contributed by atoms with Gasteiger partial charge in [0.1, 0.15) is 12.4 Å². The summed E-state index contributed by atoms with van der Waals surface area (Å²) in [6.45, 7) is 6.04. The fraction of sp³-hybridized carbons (Fsp3) is 0.435. The van der Waals surface area contributed by atoms with Crippen LogP contribution in [-0.4, -0.2) is 42.7 Å². The lowest BCUT2D eigenvalue weighted by atomic mass is 9.93. The van der Waals surface area contributed by atoms with E-state index >= 15 is 0 Å². The van der Waals surface area contributed by atoms with Crippen molar-refractivity contribution in [2.24, 2.45) is 11.1 Å². The number of benzene rings is 1. The van der Waals surface area contributed by atoms with Crippen molar-refractivity contribution < 1.29 is 22.7 Å². The molecule has 0 bridgehead atoms. The second kappa shape index (κ2) is 11.5. The number of anilines is 1. The van der Waals surface area contributed by atoms with Crippen LogP contribution in [0.15, 0.2) is 54.2 Å². The summed E-state index contributed by atoms with van der Waals surface area (Å²) in [6, 6.07) is 9.99. The van der Waals surface area contributed by atoms with Gasteiger partial charge in [-0.1, -0.05) is 29.9 Å². The maximum atomic E-state index is 12.7. The van der Waals surface area contributed by atoms with E-state index in [4.69, 9.17) is 9.57 Å². The molecule has 0 saturated carbocycles. The largest absolute Gasteiger partial charge is 0.494 e. The van der Waals surface area contributed by atoms with Crippen molar-refractivity contribution >= 4 is 12.0 Å². The molecular weight excluding hydrogens is 421 g/mol. The van der Waals surface area contributed by atoms with Crippen molar-refractivity contribution in [3.8, 4) is 5.75 Å². The monoisotopic (exact) mass is 448 g/mol. The molecule has 1 aromatic carbocycles. The van der Waals surface area contributed by atoms with Crippen LogP contribution in [-0.2, 0) is 11.0 Å². The first-order valence-corrected chi connectivity index (χ1v) is 10.6. The van der Waals surface area contributed by atoms with E-state index in [9.17, 15) is 13.2 Å². The average Bonchev–Trinajstić information content (AvgIpc) is 2.80. The lowest BCUT2D eigenvalue weighted by Crippen LogP contribution is -2.36. The lowest BCUT2D eigenvalue weighted by molar-refractivity contribution is -0.141. The molecule has 32 heavy (non-hydrogen) atoms. The molecule has 1 aliphatic rings. The third-order valence-electron chi connectivity index (χ3n) is 5.14. The van der Waals surface area contributed by atoms with Gasteiger partial charge < -0.3 is 14.5 Å². The summed E-state index contributed by atoms with van der Waals surface area (Å²) in [5, 5.41) is 11.0. The van der Waals surface area contributed by atoms with Gasteiger partial charge in [-0.2, -0.15) is 13.2 Å². The van der Waals surface area contributed by atoms with Gasteiger partial charge >= 0.3 is 6.18 Å². The van der Waals surface area contributed by atoms with E-state index in [-0.39, 0.29) is 0 Å². The van der Waals surface area contributed by atoms with Gasteiger partial charge in [0.25, 0.3) is 0 Å². The van der Waals surface area contributed by atoms with Gasteiger partial charge in [-0.3, -0.25) is 0 Å². The molecule has 1 unspecified atom stereocenters. The van der Waals surface area contributed by atoms with E-state index in [1.807, 2.05) is 29.2 Å². The van der Waals surface area contributed by atoms with E-state index in [2.05, 4.69) is 21.9 Å². The third-order valence-corrected chi connectivity index (χ3v) is 5.14. The summed E-state index contributed by atoms with van der Waals surface area (Å²) in [5.74, 6) is 1.70. The van der Waals surface area contributed by atoms with Crippen LogP contribution in [0, 0.1) is 5.92 Å². The molecule has 0 amide bonds. The van der Waals surface area contributed by atoms with E-state index < -0.39 is 11.9 Å². The molecule has 172 valence electrons. The summed E-state index contributed by atoms with van der Waals surface area (Å²) in [6.07, 6.45) is 2.70. The highest BCUT2D eigenvalue weighted by atomic mass is 19.4. The van der Waals surface area contributed by atoms with Gasteiger partial charge in [0, 0.05) is 13.1 Å². The number of halogens is 3. The van der Waals surface area contributed by atoms with Crippen LogP contribution in [0.25, 0.3) is 0 Å². The summed E-state index contributed by atoms with van der Waals surface area (Å²) in [4.78, 5) is 7.02. The van der Waals surface area contributed by atoms with Crippen molar-refractivity contribution in [3.05, 3.63) is 60.3 Å². The van der Waals surface area contributed by atoms with Gasteiger partial charge in [0.15, 0.2) is 11.5 Å². The molecule has 6 nitrogen and oxygen atoms in total. The highest BCUT2D eigenvalue weighted by Crippen LogP contribution is 2.29. The van der Waals surface area contributed by atoms with Crippen molar-refractivity contribution in [1.29, 1.82) is 0 Å². The minimum atomic E-state index is -4.47. The Hall–Kier alpha value is -3.10. The molecule has 1 aliphatic heterocycles. The highest BCUT2D eigenvalue weighted by Gasteiger charge is 2.33. The Labute approximate surface area is 185 Å². The number of hydrogen-bond donors (Lipinski definition) is 0. The number of nitrogens with zero attached hydrogens (tertiary/aromatic N) is 4. The number of ether oxygens (including phenoxy) is 1. The van der Waals surface area contributed by atoms with Crippen molar-refractivity contribution in [2.45, 2.75) is 31.9 Å². The first-order chi connectivity index (χ1) is 15.5. The second-order valence-electron chi connectivity index (χ2n) is 7.61. The summed E-state index contributed by atoms with van der Waals surface area (Å²) in [5.41, 5.74) is -0.0845. The van der Waals surface area contributed by atoms with Gasteiger partial charge in [-0.05, 0) is 61.4 Å². The van der Waals surface area contributed by atoms with Crippen LogP contribution >= 0.6 is 0 Å². The second-order valence-corrected chi connectivity index (χ2v) is 7.61. The molecule has 2 heterocycles. The Morgan fingerprint density at radius 2 is 2.09 bits per heavy atom. The number of hydrogen-bond acceptors (Lipinski definition) is 6. The van der Waals surface area contributed by atoms with Gasteiger partial charge in [-0.15, -0.1) is 10.2 Å². The standard InChI is InChI=1S/C23H27F3N4O2/c1-2-13-32-27-16-19-6-3-9-20(15-19)31-14-5-8-18-7-4-12-30(17-18)22-11-10-21(28-29-22)23(24,25)26/h2-3,6,9-11,15-16,18H,1,4-5,7-8,12-14,17H2. The summed E-state index contributed by atoms with van der Waals surface area (Å²) < 4.78 is 43.9. The molecule has 1 aromatic heterocycles. The molecule has 2 aromatic rings. The van der Waals surface area contributed by atoms with Crippen LogP contribution in [0.1, 0.15) is 36.9 Å². The van der Waals surface area contributed by atoms with Crippen molar-refractivity contribution in [3.63, 3.8) is 0 Å². The maximum absolute atomic E-state index is 12.7. The number of oxime groups is 1. The Kier molecular flexibility index (Phi) is 8.47. The van der Waals surface area contributed by atoms with E-state index in [0.29, 0.717) is 24.9 Å². The molecule has 1 atom stereocenters. The lowest BCUT2D eigenvalue weighted by Gasteiger charge is -2.33. The number of piperidine rings is 1. The minimum absolute atomic E-state index is 0.358. The zero-order chi connectivity index (χ0) is 22.8. The first kappa shape index (κ1) is 23.6. The van der Waals surface area contributed by atoms with E-state index in [0.717, 1.165) is 56.2 Å². The van der Waals surface area contributed by atoms with Crippen LogP contribution in [0.4, 0.5) is 19.0 Å². The van der Waals surface area contributed by atoms with E-state index in [1.165, 1.54) is 6.07 Å². The Morgan fingerprint density at radius 1 is 1.22 bits per heavy atom. The SMILES string of the molecule is C=CCON=Cc1cccc(OCCCC2CCCN(c3ccc(C(F)(F)F)nn3)C2)c1. The summed E-state index contributed by atoms with van der Waals surface area (Å²) >= 11 is 0. The van der Waals surface area contributed by atoms with Gasteiger partial charge in [-0.25, -0.2) is 0 Å². The Balaban J connectivity index is 1.42. The molecule has 1 saturated heterocycles. The van der Waals surface area contributed by atoms with Crippen LogP contribution in [0.2, 0.25) is 0 Å². The molecule has 0 spiro atoms. The average molecular weight is 448 g/mol. The Bertz CT molecular complexity index is 888. The molecule has 0 aliphatic carbocycles. The third kappa shape index (κ3) is 7.25. The number of alkyl halides is 3. The molecule has 0 radical (unpaired) electrons. The Morgan fingerprint density at radius 3 is 2.84 bits per heavy atom.